The van der Waals surface area contributed by atoms with Crippen LogP contribution in [0, 0.1) is 19.8 Å². The Hall–Kier alpha value is -1.96. The molecule has 1 atom stereocenters. The van der Waals surface area contributed by atoms with Gasteiger partial charge in [-0.2, -0.15) is 5.10 Å². The van der Waals surface area contributed by atoms with Gasteiger partial charge in [-0.3, -0.25) is 9.36 Å². The normalized spacial score (nSPS) is 16.9. The first-order chi connectivity index (χ1) is 11.5. The van der Waals surface area contributed by atoms with Crippen molar-refractivity contribution in [2.45, 2.75) is 46.1 Å². The first-order valence-electron chi connectivity index (χ1n) is 8.29. The molecule has 1 aliphatic rings. The van der Waals surface area contributed by atoms with E-state index in [1.807, 2.05) is 6.92 Å². The van der Waals surface area contributed by atoms with Crippen molar-refractivity contribution in [3.63, 3.8) is 0 Å². The highest BCUT2D eigenvalue weighted by molar-refractivity contribution is 7.11. The van der Waals surface area contributed by atoms with Crippen molar-refractivity contribution in [1.29, 1.82) is 0 Å². The van der Waals surface area contributed by atoms with E-state index in [4.69, 9.17) is 0 Å². The van der Waals surface area contributed by atoms with Gasteiger partial charge in [-0.25, -0.2) is 14.5 Å². The van der Waals surface area contributed by atoms with Crippen LogP contribution < -0.4 is 11.0 Å². The Morgan fingerprint density at radius 3 is 2.92 bits per heavy atom. The molecule has 1 N–H and O–H groups in total. The number of hydrogen-bond acceptors (Lipinski definition) is 5. The molecule has 0 bridgehead atoms. The molecule has 2 aromatic rings. The van der Waals surface area contributed by atoms with Crippen molar-refractivity contribution >= 4 is 17.2 Å². The molecule has 0 unspecified atom stereocenters. The monoisotopic (exact) mass is 349 g/mol. The molecule has 0 aromatic carbocycles. The quantitative estimate of drug-likeness (QED) is 0.816. The van der Waals surface area contributed by atoms with Crippen molar-refractivity contribution in [1.82, 2.24) is 24.6 Å². The average Bonchev–Trinajstić information content (AvgIpc) is 3.03. The van der Waals surface area contributed by atoms with Gasteiger partial charge in [0.15, 0.2) is 0 Å². The first kappa shape index (κ1) is 16.9. The zero-order valence-corrected chi connectivity index (χ0v) is 15.2. The maximum atomic E-state index is 12.3. The van der Waals surface area contributed by atoms with E-state index in [0.29, 0.717) is 19.5 Å². The maximum Gasteiger partial charge on any atom is 0.345 e. The number of hydrogen-bond donors (Lipinski definition) is 1. The Balaban J connectivity index is 1.47. The van der Waals surface area contributed by atoms with Gasteiger partial charge in [0.2, 0.25) is 5.91 Å². The molecule has 3 heterocycles. The van der Waals surface area contributed by atoms with E-state index in [0.717, 1.165) is 35.8 Å². The average molecular weight is 349 g/mol. The summed E-state index contributed by atoms with van der Waals surface area (Å²) in [7, 11) is 1.64. The fourth-order valence-corrected chi connectivity index (χ4v) is 3.97. The van der Waals surface area contributed by atoms with Crippen LogP contribution in [0.5, 0.6) is 0 Å². The lowest BCUT2D eigenvalue weighted by molar-refractivity contribution is -0.125. The van der Waals surface area contributed by atoms with Crippen molar-refractivity contribution < 1.29 is 4.79 Å². The van der Waals surface area contributed by atoms with Crippen LogP contribution in [0.2, 0.25) is 0 Å². The highest BCUT2D eigenvalue weighted by Gasteiger charge is 2.27. The number of nitrogens with one attached hydrogen (secondary N) is 1. The lowest BCUT2D eigenvalue weighted by Gasteiger charge is -2.21. The minimum atomic E-state index is -0.149. The van der Waals surface area contributed by atoms with Gasteiger partial charge < -0.3 is 5.32 Å². The summed E-state index contributed by atoms with van der Waals surface area (Å²) in [6.45, 7) is 5.17. The predicted molar refractivity (Wildman–Crippen MR) is 92.2 cm³/mol. The highest BCUT2D eigenvalue weighted by Crippen LogP contribution is 2.18. The van der Waals surface area contributed by atoms with Crippen LogP contribution in [0.1, 0.15) is 34.2 Å². The van der Waals surface area contributed by atoms with Gasteiger partial charge in [0.25, 0.3) is 0 Å². The van der Waals surface area contributed by atoms with Crippen LogP contribution in [0.3, 0.4) is 0 Å². The van der Waals surface area contributed by atoms with Gasteiger partial charge in [-0.1, -0.05) is 0 Å². The van der Waals surface area contributed by atoms with Gasteiger partial charge in [-0.05, 0) is 26.7 Å². The molecule has 2 aromatic heterocycles. The molecule has 24 heavy (non-hydrogen) atoms. The molecule has 0 spiro atoms. The summed E-state index contributed by atoms with van der Waals surface area (Å²) in [5.41, 5.74) is 0.955. The zero-order chi connectivity index (χ0) is 17.3. The minimum Gasteiger partial charge on any atom is -0.356 e. The maximum absolute atomic E-state index is 12.3. The smallest absolute Gasteiger partial charge is 0.345 e. The summed E-state index contributed by atoms with van der Waals surface area (Å²) in [6.07, 6.45) is 3.18. The van der Waals surface area contributed by atoms with Crippen molar-refractivity contribution in [3.8, 4) is 0 Å². The fraction of sp³-hybridized carbons (Fsp3) is 0.625. The summed E-state index contributed by atoms with van der Waals surface area (Å²) in [6, 6.07) is 0. The fourth-order valence-electron chi connectivity index (χ4n) is 2.99. The van der Waals surface area contributed by atoms with Crippen LogP contribution >= 0.6 is 11.3 Å². The van der Waals surface area contributed by atoms with E-state index < -0.39 is 0 Å². The molecule has 0 aliphatic carbocycles. The Morgan fingerprint density at radius 1 is 1.42 bits per heavy atom. The third-order valence-electron chi connectivity index (χ3n) is 4.51. The van der Waals surface area contributed by atoms with Crippen molar-refractivity contribution in [2.75, 3.05) is 6.54 Å². The highest BCUT2D eigenvalue weighted by atomic mass is 32.1. The van der Waals surface area contributed by atoms with E-state index in [1.165, 1.54) is 9.56 Å². The van der Waals surface area contributed by atoms with E-state index in [-0.39, 0.29) is 17.5 Å². The summed E-state index contributed by atoms with van der Waals surface area (Å²) in [5, 5.41) is 8.32. The summed E-state index contributed by atoms with van der Waals surface area (Å²) >= 11 is 1.73. The van der Waals surface area contributed by atoms with Gasteiger partial charge >= 0.3 is 5.69 Å². The molecule has 1 aliphatic heterocycles. The number of thiazole rings is 1. The van der Waals surface area contributed by atoms with Crippen LogP contribution in [0.25, 0.3) is 0 Å². The number of rotatable bonds is 5. The van der Waals surface area contributed by atoms with Gasteiger partial charge in [0.1, 0.15) is 5.82 Å². The largest absolute Gasteiger partial charge is 0.356 e. The van der Waals surface area contributed by atoms with E-state index >= 15 is 0 Å². The Bertz CT molecular complexity index is 784. The number of aryl methyl sites for hydroxylation is 5. The van der Waals surface area contributed by atoms with E-state index in [2.05, 4.69) is 22.3 Å². The SMILES string of the molecule is Cc1nc(CCCNC(=O)[C@H]2CCc3nn(C)c(=O)n3C2)sc1C. The third kappa shape index (κ3) is 3.43. The molecule has 3 rings (SSSR count). The Labute approximate surface area is 144 Å². The Kier molecular flexibility index (Phi) is 4.84. The molecular weight excluding hydrogens is 326 g/mol. The molecule has 0 saturated carbocycles. The second-order valence-corrected chi connectivity index (χ2v) is 7.60. The second-order valence-electron chi connectivity index (χ2n) is 6.31. The topological polar surface area (TPSA) is 81.8 Å². The Morgan fingerprint density at radius 2 is 2.21 bits per heavy atom. The van der Waals surface area contributed by atoms with Crippen LogP contribution in [-0.2, 0) is 31.2 Å². The number of carbonyl (C=O) groups is 1. The van der Waals surface area contributed by atoms with Gasteiger partial charge in [-0.15, -0.1) is 11.3 Å². The third-order valence-corrected chi connectivity index (χ3v) is 5.65. The van der Waals surface area contributed by atoms with Gasteiger partial charge in [0, 0.05) is 37.9 Å². The summed E-state index contributed by atoms with van der Waals surface area (Å²) in [5.74, 6) is 0.660. The van der Waals surface area contributed by atoms with Crippen molar-refractivity contribution in [3.05, 3.63) is 31.9 Å². The minimum absolute atomic E-state index is 0.0305. The molecular formula is C16H23N5O2S. The molecule has 0 saturated heterocycles. The van der Waals surface area contributed by atoms with Crippen LogP contribution in [0.4, 0.5) is 0 Å². The van der Waals surface area contributed by atoms with Crippen LogP contribution in [0.15, 0.2) is 4.79 Å². The molecule has 7 nitrogen and oxygen atoms in total. The first-order valence-corrected chi connectivity index (χ1v) is 9.10. The second kappa shape index (κ2) is 6.88. The number of amides is 1. The van der Waals surface area contributed by atoms with Crippen LogP contribution in [-0.4, -0.2) is 31.8 Å². The van der Waals surface area contributed by atoms with E-state index in [1.54, 1.807) is 23.0 Å². The molecule has 8 heteroatoms. The molecule has 0 fully saturated rings. The lowest BCUT2D eigenvalue weighted by atomic mass is 9.98. The molecule has 1 amide bonds. The molecule has 130 valence electrons. The summed E-state index contributed by atoms with van der Waals surface area (Å²) in [4.78, 5) is 30.1. The molecule has 0 radical (unpaired) electrons. The number of carbonyl (C=O) groups excluding carboxylic acids is 1. The van der Waals surface area contributed by atoms with E-state index in [9.17, 15) is 9.59 Å². The lowest BCUT2D eigenvalue weighted by Crippen LogP contribution is -2.39. The predicted octanol–water partition coefficient (Wildman–Crippen LogP) is 0.967. The van der Waals surface area contributed by atoms with Gasteiger partial charge in [0.05, 0.1) is 16.6 Å². The van der Waals surface area contributed by atoms with Crippen molar-refractivity contribution in [2.24, 2.45) is 13.0 Å². The standard InChI is InChI=1S/C16H23N5O2S/c1-10-11(2)24-14(18-10)5-4-8-17-15(22)12-6-7-13-19-20(3)16(23)21(13)9-12/h12H,4-9H2,1-3H3,(H,17,22)/t12-/m0/s1. The number of fused-ring (bicyclic) bond motifs is 1. The summed E-state index contributed by atoms with van der Waals surface area (Å²) < 4.78 is 2.96. The number of aromatic nitrogens is 4. The number of nitrogens with zero attached hydrogens (tertiary/aromatic N) is 4. The zero-order valence-electron chi connectivity index (χ0n) is 14.3.